The average molecular weight is 214 g/mol. The minimum absolute atomic E-state index is 0.389. The molecule has 2 heteroatoms. The second-order valence-electron chi connectivity index (χ2n) is 3.83. The number of hydrogen-bond acceptors (Lipinski definition) is 1. The Labute approximate surface area is 93.8 Å². The number of aryl methyl sites for hydroxylation is 1. The number of thiophene rings is 1. The van der Waals surface area contributed by atoms with Crippen molar-refractivity contribution in [1.82, 2.24) is 5.32 Å². The lowest BCUT2D eigenvalue weighted by Gasteiger charge is -2.23. The number of hydrogen-bond donors (Lipinski definition) is 0. The van der Waals surface area contributed by atoms with E-state index < -0.39 is 0 Å². The molecular formula is C13H12NS. The molecule has 1 aliphatic rings. The van der Waals surface area contributed by atoms with E-state index in [0.29, 0.717) is 6.04 Å². The predicted octanol–water partition coefficient (Wildman–Crippen LogP) is 3.67. The number of fused-ring (bicyclic) bond motifs is 1. The van der Waals surface area contributed by atoms with Gasteiger partial charge in [0.25, 0.3) is 0 Å². The quantitative estimate of drug-likeness (QED) is 0.687. The summed E-state index contributed by atoms with van der Waals surface area (Å²) in [5.74, 6) is 0. The molecule has 1 radical (unpaired) electrons. The maximum Gasteiger partial charge on any atom is 0.0851 e. The Morgan fingerprint density at radius 2 is 2.07 bits per heavy atom. The molecule has 0 spiro atoms. The topological polar surface area (TPSA) is 14.1 Å². The highest BCUT2D eigenvalue weighted by atomic mass is 32.1. The highest BCUT2D eigenvalue weighted by molar-refractivity contribution is 7.10. The number of nitrogens with zero attached hydrogens (tertiary/aromatic N) is 1. The molecule has 0 bridgehead atoms. The van der Waals surface area contributed by atoms with Crippen LogP contribution in [0.3, 0.4) is 0 Å². The molecule has 1 aromatic carbocycles. The van der Waals surface area contributed by atoms with Crippen molar-refractivity contribution in [3.05, 3.63) is 52.2 Å². The Morgan fingerprint density at radius 3 is 2.93 bits per heavy atom. The third-order valence-corrected chi connectivity index (χ3v) is 3.82. The third kappa shape index (κ3) is 1.65. The Balaban J connectivity index is 1.89. The molecule has 75 valence electrons. The van der Waals surface area contributed by atoms with Gasteiger partial charge >= 0.3 is 0 Å². The van der Waals surface area contributed by atoms with Gasteiger partial charge in [-0.05, 0) is 35.9 Å². The maximum absolute atomic E-state index is 4.80. The van der Waals surface area contributed by atoms with Crippen LogP contribution in [0.15, 0.2) is 41.8 Å². The van der Waals surface area contributed by atoms with E-state index >= 15 is 0 Å². The third-order valence-electron chi connectivity index (χ3n) is 2.85. The van der Waals surface area contributed by atoms with Crippen molar-refractivity contribution in [2.24, 2.45) is 0 Å². The lowest BCUT2D eigenvalue weighted by molar-refractivity contribution is 0.547. The summed E-state index contributed by atoms with van der Waals surface area (Å²) in [4.78, 5) is 1.39. The smallest absolute Gasteiger partial charge is 0.0851 e. The van der Waals surface area contributed by atoms with E-state index in [0.717, 1.165) is 12.8 Å². The van der Waals surface area contributed by atoms with Gasteiger partial charge < -0.3 is 0 Å². The lowest BCUT2D eigenvalue weighted by atomic mass is 9.97. The largest absolute Gasteiger partial charge is 0.276 e. The fourth-order valence-corrected chi connectivity index (χ4v) is 2.86. The first-order valence-corrected chi connectivity index (χ1v) is 6.13. The fourth-order valence-electron chi connectivity index (χ4n) is 2.06. The predicted molar refractivity (Wildman–Crippen MR) is 63.6 cm³/mol. The van der Waals surface area contributed by atoms with Crippen molar-refractivity contribution >= 4 is 17.0 Å². The molecule has 1 nitrogen and oxygen atoms in total. The Morgan fingerprint density at radius 1 is 1.13 bits per heavy atom. The molecule has 2 aromatic rings. The van der Waals surface area contributed by atoms with E-state index in [-0.39, 0.29) is 0 Å². The second-order valence-corrected chi connectivity index (χ2v) is 4.81. The highest BCUT2D eigenvalue weighted by Crippen LogP contribution is 2.34. The van der Waals surface area contributed by atoms with Crippen molar-refractivity contribution in [3.8, 4) is 0 Å². The van der Waals surface area contributed by atoms with E-state index in [2.05, 4.69) is 41.8 Å². The summed E-state index contributed by atoms with van der Waals surface area (Å²) in [6.07, 6.45) is 2.31. The van der Waals surface area contributed by atoms with Gasteiger partial charge in [-0.3, -0.25) is 5.32 Å². The number of rotatable bonds is 1. The normalized spacial score (nSPS) is 19.3. The van der Waals surface area contributed by atoms with Crippen molar-refractivity contribution in [1.29, 1.82) is 0 Å². The molecule has 0 fully saturated rings. The van der Waals surface area contributed by atoms with Gasteiger partial charge in [0.15, 0.2) is 0 Å². The van der Waals surface area contributed by atoms with Crippen LogP contribution in [0.4, 0.5) is 5.69 Å². The van der Waals surface area contributed by atoms with Crippen LogP contribution in [-0.2, 0) is 6.42 Å². The molecular weight excluding hydrogens is 202 g/mol. The van der Waals surface area contributed by atoms with Gasteiger partial charge in [0.1, 0.15) is 0 Å². The Hall–Kier alpha value is -1.28. The fraction of sp³-hybridized carbons (Fsp3) is 0.231. The first-order valence-electron chi connectivity index (χ1n) is 5.25. The monoisotopic (exact) mass is 214 g/mol. The molecule has 1 unspecified atom stereocenters. The molecule has 1 aliphatic heterocycles. The van der Waals surface area contributed by atoms with Crippen LogP contribution in [0.1, 0.15) is 22.9 Å². The average Bonchev–Trinajstić information content (AvgIpc) is 2.82. The zero-order valence-electron chi connectivity index (χ0n) is 8.39. The minimum Gasteiger partial charge on any atom is -0.276 e. The van der Waals surface area contributed by atoms with Crippen LogP contribution in [0.25, 0.3) is 0 Å². The van der Waals surface area contributed by atoms with Crippen LogP contribution < -0.4 is 5.32 Å². The molecule has 0 N–H and O–H groups in total. The standard InChI is InChI=1S/C13H12NS/c1-2-5-11-10(4-1)7-8-12(14-11)13-6-3-9-15-13/h1-6,9,12H,7-8H2. The van der Waals surface area contributed by atoms with E-state index in [9.17, 15) is 0 Å². The molecule has 0 saturated heterocycles. The Bertz CT molecular complexity index is 447. The summed E-state index contributed by atoms with van der Waals surface area (Å²) < 4.78 is 0. The number of para-hydroxylation sites is 1. The summed E-state index contributed by atoms with van der Waals surface area (Å²) >= 11 is 1.81. The van der Waals surface area contributed by atoms with Crippen LogP contribution in [-0.4, -0.2) is 0 Å². The zero-order chi connectivity index (χ0) is 10.1. The second kappa shape index (κ2) is 3.70. The van der Waals surface area contributed by atoms with E-state index in [1.54, 1.807) is 0 Å². The SMILES string of the molecule is c1csc(C2CCc3ccccc3[N]2)c1. The zero-order valence-corrected chi connectivity index (χ0v) is 9.20. The van der Waals surface area contributed by atoms with Crippen LogP contribution >= 0.6 is 11.3 Å². The molecule has 15 heavy (non-hydrogen) atoms. The molecule has 0 saturated carbocycles. The van der Waals surface area contributed by atoms with Gasteiger partial charge in [0, 0.05) is 4.88 Å². The van der Waals surface area contributed by atoms with Gasteiger partial charge in [-0.15, -0.1) is 11.3 Å². The van der Waals surface area contributed by atoms with Crippen LogP contribution in [0.2, 0.25) is 0 Å². The number of benzene rings is 1. The van der Waals surface area contributed by atoms with Crippen molar-refractivity contribution in [2.75, 3.05) is 0 Å². The molecule has 1 atom stereocenters. The van der Waals surface area contributed by atoms with Crippen molar-refractivity contribution in [2.45, 2.75) is 18.9 Å². The van der Waals surface area contributed by atoms with E-state index in [1.165, 1.54) is 16.1 Å². The van der Waals surface area contributed by atoms with Crippen molar-refractivity contribution < 1.29 is 0 Å². The summed E-state index contributed by atoms with van der Waals surface area (Å²) in [6, 6.07) is 13.2. The molecule has 2 heterocycles. The maximum atomic E-state index is 4.80. The molecule has 0 aliphatic carbocycles. The van der Waals surface area contributed by atoms with Crippen LogP contribution in [0.5, 0.6) is 0 Å². The van der Waals surface area contributed by atoms with Gasteiger partial charge in [0.2, 0.25) is 0 Å². The van der Waals surface area contributed by atoms with Gasteiger partial charge in [-0.1, -0.05) is 24.3 Å². The Kier molecular flexibility index (Phi) is 2.22. The van der Waals surface area contributed by atoms with Gasteiger partial charge in [0.05, 0.1) is 11.7 Å². The van der Waals surface area contributed by atoms with E-state index in [4.69, 9.17) is 5.32 Å². The lowest BCUT2D eigenvalue weighted by Crippen LogP contribution is -2.15. The summed E-state index contributed by atoms with van der Waals surface area (Å²) in [7, 11) is 0. The summed E-state index contributed by atoms with van der Waals surface area (Å²) in [5.41, 5.74) is 2.58. The van der Waals surface area contributed by atoms with Gasteiger partial charge in [-0.2, -0.15) is 0 Å². The first-order chi connectivity index (χ1) is 7.43. The highest BCUT2D eigenvalue weighted by Gasteiger charge is 2.20. The molecule has 1 aromatic heterocycles. The molecule has 0 amide bonds. The van der Waals surface area contributed by atoms with Crippen LogP contribution in [0, 0.1) is 0 Å². The molecule has 3 rings (SSSR count). The first kappa shape index (κ1) is 8.98. The van der Waals surface area contributed by atoms with Gasteiger partial charge in [-0.25, -0.2) is 0 Å². The van der Waals surface area contributed by atoms with E-state index in [1.807, 2.05) is 11.3 Å². The minimum atomic E-state index is 0.389. The van der Waals surface area contributed by atoms with Crippen molar-refractivity contribution in [3.63, 3.8) is 0 Å². The summed E-state index contributed by atoms with van der Waals surface area (Å²) in [6.45, 7) is 0. The summed E-state index contributed by atoms with van der Waals surface area (Å²) in [5, 5.41) is 6.93.